The summed E-state index contributed by atoms with van der Waals surface area (Å²) < 4.78 is 0. The fourth-order valence-electron chi connectivity index (χ4n) is 3.12. The first kappa shape index (κ1) is 17.4. The van der Waals surface area contributed by atoms with Gasteiger partial charge in [0.2, 0.25) is 0 Å². The number of piperazine rings is 1. The van der Waals surface area contributed by atoms with Gasteiger partial charge in [0.25, 0.3) is 11.8 Å². The van der Waals surface area contributed by atoms with E-state index in [1.165, 1.54) is 11.3 Å². The number of rotatable bonds is 3. The van der Waals surface area contributed by atoms with Crippen LogP contribution in [0.2, 0.25) is 0 Å². The molecule has 0 unspecified atom stereocenters. The third-order valence-electron chi connectivity index (χ3n) is 4.62. The van der Waals surface area contributed by atoms with Crippen LogP contribution in [0.25, 0.3) is 10.6 Å². The van der Waals surface area contributed by atoms with Crippen LogP contribution in [0.3, 0.4) is 0 Å². The van der Waals surface area contributed by atoms with Crippen molar-refractivity contribution < 1.29 is 9.59 Å². The Hall–Kier alpha value is -2.99. The number of benzene rings is 2. The highest BCUT2D eigenvalue weighted by Gasteiger charge is 2.26. The fraction of sp³-hybridized carbons (Fsp3) is 0.190. The van der Waals surface area contributed by atoms with Crippen molar-refractivity contribution in [3.8, 4) is 10.6 Å². The summed E-state index contributed by atoms with van der Waals surface area (Å²) >= 11 is 1.47. The summed E-state index contributed by atoms with van der Waals surface area (Å²) in [6, 6.07) is 19.1. The molecule has 1 aliphatic heterocycles. The van der Waals surface area contributed by atoms with Crippen LogP contribution in [0.1, 0.15) is 20.8 Å². The average Bonchev–Trinajstić information content (AvgIpc) is 3.24. The molecule has 0 saturated carbocycles. The fourth-order valence-corrected chi connectivity index (χ4v) is 3.92. The van der Waals surface area contributed by atoms with E-state index in [0.29, 0.717) is 37.4 Å². The van der Waals surface area contributed by atoms with Crippen LogP contribution in [0.15, 0.2) is 66.0 Å². The zero-order valence-corrected chi connectivity index (χ0v) is 15.6. The molecule has 0 bridgehead atoms. The van der Waals surface area contributed by atoms with Gasteiger partial charge < -0.3 is 9.80 Å². The summed E-state index contributed by atoms with van der Waals surface area (Å²) in [5, 5.41) is 2.66. The minimum atomic E-state index is -0.0692. The van der Waals surface area contributed by atoms with Crippen molar-refractivity contribution in [1.82, 2.24) is 14.8 Å². The molecule has 2 amide bonds. The van der Waals surface area contributed by atoms with E-state index in [9.17, 15) is 9.59 Å². The normalized spacial score (nSPS) is 14.2. The highest BCUT2D eigenvalue weighted by Crippen LogP contribution is 2.24. The first-order valence-corrected chi connectivity index (χ1v) is 9.75. The van der Waals surface area contributed by atoms with Crippen molar-refractivity contribution in [3.05, 3.63) is 77.3 Å². The topological polar surface area (TPSA) is 53.5 Å². The van der Waals surface area contributed by atoms with Crippen LogP contribution in [0.4, 0.5) is 0 Å². The summed E-state index contributed by atoms with van der Waals surface area (Å²) in [5.41, 5.74) is 2.17. The van der Waals surface area contributed by atoms with E-state index in [1.54, 1.807) is 9.80 Å². The van der Waals surface area contributed by atoms with Crippen LogP contribution < -0.4 is 0 Å². The molecule has 2 heterocycles. The van der Waals surface area contributed by atoms with E-state index >= 15 is 0 Å². The minimum Gasteiger partial charge on any atom is -0.335 e. The van der Waals surface area contributed by atoms with Gasteiger partial charge in [-0.05, 0) is 12.1 Å². The van der Waals surface area contributed by atoms with Crippen molar-refractivity contribution in [2.45, 2.75) is 0 Å². The second-order valence-corrected chi connectivity index (χ2v) is 7.21. The van der Waals surface area contributed by atoms with Crippen molar-refractivity contribution in [1.29, 1.82) is 0 Å². The van der Waals surface area contributed by atoms with Crippen LogP contribution in [-0.4, -0.2) is 52.8 Å². The highest BCUT2D eigenvalue weighted by atomic mass is 32.1. The van der Waals surface area contributed by atoms with Gasteiger partial charge in [0, 0.05) is 42.7 Å². The van der Waals surface area contributed by atoms with E-state index in [1.807, 2.05) is 66.0 Å². The zero-order valence-electron chi connectivity index (χ0n) is 14.7. The number of aromatic nitrogens is 1. The lowest BCUT2D eigenvalue weighted by Gasteiger charge is -2.34. The molecule has 0 N–H and O–H groups in total. The number of thiazole rings is 1. The summed E-state index contributed by atoms with van der Waals surface area (Å²) in [4.78, 5) is 33.4. The Balaban J connectivity index is 1.39. The molecular formula is C21H19N3O2S. The van der Waals surface area contributed by atoms with Crippen molar-refractivity contribution in [2.75, 3.05) is 26.2 Å². The van der Waals surface area contributed by atoms with Gasteiger partial charge in [0.15, 0.2) is 0 Å². The summed E-state index contributed by atoms with van der Waals surface area (Å²) in [5.74, 6) is -0.0528. The minimum absolute atomic E-state index is 0.0164. The van der Waals surface area contributed by atoms with Gasteiger partial charge in [-0.1, -0.05) is 48.5 Å². The number of hydrogen-bond donors (Lipinski definition) is 0. The summed E-state index contributed by atoms with van der Waals surface area (Å²) in [6.07, 6.45) is 0. The molecule has 136 valence electrons. The Labute approximate surface area is 161 Å². The molecule has 0 atom stereocenters. The van der Waals surface area contributed by atoms with E-state index in [-0.39, 0.29) is 11.8 Å². The monoisotopic (exact) mass is 377 g/mol. The Morgan fingerprint density at radius 2 is 1.33 bits per heavy atom. The molecule has 1 aliphatic rings. The van der Waals surface area contributed by atoms with Gasteiger partial charge in [0.05, 0.1) is 0 Å². The van der Waals surface area contributed by atoms with Gasteiger partial charge in [-0.15, -0.1) is 11.3 Å². The van der Waals surface area contributed by atoms with Gasteiger partial charge >= 0.3 is 0 Å². The maximum atomic E-state index is 12.8. The molecular weight excluding hydrogens is 358 g/mol. The molecule has 0 aliphatic carbocycles. The van der Waals surface area contributed by atoms with E-state index < -0.39 is 0 Å². The lowest BCUT2D eigenvalue weighted by Crippen LogP contribution is -2.50. The molecule has 1 fully saturated rings. The van der Waals surface area contributed by atoms with Crippen molar-refractivity contribution >= 4 is 23.2 Å². The third kappa shape index (κ3) is 3.75. The molecule has 4 rings (SSSR count). The zero-order chi connectivity index (χ0) is 18.6. The van der Waals surface area contributed by atoms with Crippen LogP contribution in [0, 0.1) is 0 Å². The molecule has 2 aromatic carbocycles. The summed E-state index contributed by atoms with van der Waals surface area (Å²) in [6.45, 7) is 2.12. The van der Waals surface area contributed by atoms with Crippen LogP contribution in [-0.2, 0) is 0 Å². The molecule has 1 aromatic heterocycles. The largest absolute Gasteiger partial charge is 0.335 e. The smallest absolute Gasteiger partial charge is 0.273 e. The Kier molecular flexibility index (Phi) is 4.98. The van der Waals surface area contributed by atoms with Crippen LogP contribution >= 0.6 is 11.3 Å². The predicted octanol–water partition coefficient (Wildman–Crippen LogP) is 3.41. The lowest BCUT2D eigenvalue weighted by molar-refractivity contribution is 0.0533. The highest BCUT2D eigenvalue weighted by molar-refractivity contribution is 7.13. The van der Waals surface area contributed by atoms with Crippen molar-refractivity contribution in [3.63, 3.8) is 0 Å². The number of amides is 2. The molecule has 5 nitrogen and oxygen atoms in total. The van der Waals surface area contributed by atoms with Gasteiger partial charge in [0.1, 0.15) is 10.7 Å². The molecule has 0 radical (unpaired) electrons. The third-order valence-corrected chi connectivity index (χ3v) is 5.51. The van der Waals surface area contributed by atoms with Crippen LogP contribution in [0.5, 0.6) is 0 Å². The van der Waals surface area contributed by atoms with Gasteiger partial charge in [-0.3, -0.25) is 9.59 Å². The maximum Gasteiger partial charge on any atom is 0.273 e. The number of nitrogens with zero attached hydrogens (tertiary/aromatic N) is 3. The van der Waals surface area contributed by atoms with E-state index in [4.69, 9.17) is 0 Å². The van der Waals surface area contributed by atoms with E-state index in [0.717, 1.165) is 10.6 Å². The quantitative estimate of drug-likeness (QED) is 0.703. The molecule has 1 saturated heterocycles. The van der Waals surface area contributed by atoms with E-state index in [2.05, 4.69) is 4.98 Å². The molecule has 0 spiro atoms. The Bertz CT molecular complexity index is 932. The molecule has 3 aromatic rings. The first-order valence-electron chi connectivity index (χ1n) is 8.87. The average molecular weight is 377 g/mol. The SMILES string of the molecule is O=C(c1ccccc1)N1CCN(C(=O)c2csc(-c3ccccc3)n2)CC1. The molecule has 27 heavy (non-hydrogen) atoms. The molecule has 6 heteroatoms. The van der Waals surface area contributed by atoms with Crippen molar-refractivity contribution in [2.24, 2.45) is 0 Å². The second-order valence-electron chi connectivity index (χ2n) is 6.35. The Morgan fingerprint density at radius 3 is 1.96 bits per heavy atom. The number of hydrogen-bond acceptors (Lipinski definition) is 4. The summed E-state index contributed by atoms with van der Waals surface area (Å²) in [7, 11) is 0. The Morgan fingerprint density at radius 1 is 0.778 bits per heavy atom. The first-order chi connectivity index (χ1) is 13.2. The lowest BCUT2D eigenvalue weighted by atomic mass is 10.2. The second kappa shape index (κ2) is 7.72. The number of carbonyl (C=O) groups is 2. The van der Waals surface area contributed by atoms with Gasteiger partial charge in [-0.25, -0.2) is 4.98 Å². The maximum absolute atomic E-state index is 12.8. The predicted molar refractivity (Wildman–Crippen MR) is 106 cm³/mol. The standard InChI is InChI=1S/C21H19N3O2S/c25-20(17-9-5-2-6-10-17)23-11-13-24(14-12-23)21(26)18-15-27-19(22-18)16-7-3-1-4-8-16/h1-10,15H,11-14H2. The number of carbonyl (C=O) groups excluding carboxylic acids is 2. The van der Waals surface area contributed by atoms with Gasteiger partial charge in [-0.2, -0.15) is 0 Å².